The first-order valence-corrected chi connectivity index (χ1v) is 5.44. The minimum Gasteiger partial charge on any atom is -0.355 e. The number of hydrogen-bond acceptors (Lipinski definition) is 2. The SMILES string of the molecule is CC.CNC(=O)c1ccc(CC(C)=O)cc1. The molecule has 1 aromatic carbocycles. The zero-order valence-corrected chi connectivity index (χ0v) is 10.3. The van der Waals surface area contributed by atoms with E-state index in [1.165, 1.54) is 0 Å². The molecule has 88 valence electrons. The highest BCUT2D eigenvalue weighted by Gasteiger charge is 2.02. The van der Waals surface area contributed by atoms with Gasteiger partial charge in [-0.25, -0.2) is 0 Å². The van der Waals surface area contributed by atoms with E-state index < -0.39 is 0 Å². The molecule has 0 fully saturated rings. The Bertz CT molecular complexity index is 341. The van der Waals surface area contributed by atoms with E-state index in [1.54, 1.807) is 38.2 Å². The molecule has 1 amide bonds. The third-order valence-electron chi connectivity index (χ3n) is 1.90. The Morgan fingerprint density at radius 2 is 1.62 bits per heavy atom. The van der Waals surface area contributed by atoms with E-state index in [2.05, 4.69) is 5.32 Å². The summed E-state index contributed by atoms with van der Waals surface area (Å²) in [6, 6.07) is 7.03. The van der Waals surface area contributed by atoms with Gasteiger partial charge in [0.15, 0.2) is 0 Å². The van der Waals surface area contributed by atoms with Gasteiger partial charge in [-0.3, -0.25) is 9.59 Å². The second-order valence-electron chi connectivity index (χ2n) is 3.15. The van der Waals surface area contributed by atoms with Crippen LogP contribution < -0.4 is 5.32 Å². The van der Waals surface area contributed by atoms with Crippen molar-refractivity contribution in [1.29, 1.82) is 0 Å². The summed E-state index contributed by atoms with van der Waals surface area (Å²) in [6.07, 6.45) is 0.425. The molecule has 3 nitrogen and oxygen atoms in total. The number of ketones is 1. The lowest BCUT2D eigenvalue weighted by molar-refractivity contribution is -0.116. The second-order valence-corrected chi connectivity index (χ2v) is 3.15. The van der Waals surface area contributed by atoms with E-state index in [-0.39, 0.29) is 11.7 Å². The molecule has 0 unspecified atom stereocenters. The highest BCUT2D eigenvalue weighted by atomic mass is 16.1. The average molecular weight is 221 g/mol. The Morgan fingerprint density at radius 3 is 2.00 bits per heavy atom. The molecule has 1 N–H and O–H groups in total. The van der Waals surface area contributed by atoms with E-state index >= 15 is 0 Å². The van der Waals surface area contributed by atoms with Gasteiger partial charge < -0.3 is 5.32 Å². The normalized spacial score (nSPS) is 8.75. The minimum atomic E-state index is -0.112. The van der Waals surface area contributed by atoms with Crippen molar-refractivity contribution < 1.29 is 9.59 Å². The first kappa shape index (κ1) is 14.4. The van der Waals surface area contributed by atoms with Crippen LogP contribution in [0.1, 0.15) is 36.7 Å². The molecule has 0 heterocycles. The van der Waals surface area contributed by atoms with Crippen LogP contribution in [0, 0.1) is 0 Å². The van der Waals surface area contributed by atoms with Crippen molar-refractivity contribution in [3.05, 3.63) is 35.4 Å². The maximum atomic E-state index is 11.2. The van der Waals surface area contributed by atoms with Gasteiger partial charge in [-0.1, -0.05) is 26.0 Å². The van der Waals surface area contributed by atoms with Crippen molar-refractivity contribution in [3.63, 3.8) is 0 Å². The molecule has 0 aliphatic rings. The zero-order valence-electron chi connectivity index (χ0n) is 10.3. The highest BCUT2D eigenvalue weighted by molar-refractivity contribution is 5.94. The van der Waals surface area contributed by atoms with Gasteiger partial charge in [0.05, 0.1) is 0 Å². The molecule has 16 heavy (non-hydrogen) atoms. The molecule has 0 saturated heterocycles. The van der Waals surface area contributed by atoms with Gasteiger partial charge in [-0.15, -0.1) is 0 Å². The number of carbonyl (C=O) groups is 2. The Morgan fingerprint density at radius 1 is 1.12 bits per heavy atom. The lowest BCUT2D eigenvalue weighted by Gasteiger charge is -2.01. The summed E-state index contributed by atoms with van der Waals surface area (Å²) in [7, 11) is 1.59. The first-order chi connectivity index (χ1) is 7.63. The van der Waals surface area contributed by atoms with Crippen LogP contribution in [0.3, 0.4) is 0 Å². The topological polar surface area (TPSA) is 46.2 Å². The van der Waals surface area contributed by atoms with E-state index in [1.807, 2.05) is 13.8 Å². The van der Waals surface area contributed by atoms with Crippen LogP contribution in [0.2, 0.25) is 0 Å². The highest BCUT2D eigenvalue weighted by Crippen LogP contribution is 2.05. The van der Waals surface area contributed by atoms with E-state index in [0.29, 0.717) is 12.0 Å². The summed E-state index contributed by atoms with van der Waals surface area (Å²) in [5.74, 6) is 0.0112. The van der Waals surface area contributed by atoms with Gasteiger partial charge in [0.25, 0.3) is 5.91 Å². The van der Waals surface area contributed by atoms with Gasteiger partial charge in [-0.05, 0) is 24.6 Å². The first-order valence-electron chi connectivity index (χ1n) is 5.44. The molecular weight excluding hydrogens is 202 g/mol. The number of amides is 1. The Labute approximate surface area is 96.9 Å². The summed E-state index contributed by atoms with van der Waals surface area (Å²) in [6.45, 7) is 5.55. The van der Waals surface area contributed by atoms with Crippen LogP contribution in [-0.2, 0) is 11.2 Å². The van der Waals surface area contributed by atoms with Crippen LogP contribution in [0.5, 0.6) is 0 Å². The minimum absolute atomic E-state index is 0.112. The molecule has 1 rings (SSSR count). The van der Waals surface area contributed by atoms with Crippen LogP contribution in [0.4, 0.5) is 0 Å². The van der Waals surface area contributed by atoms with E-state index in [9.17, 15) is 9.59 Å². The number of hydrogen-bond donors (Lipinski definition) is 1. The molecule has 0 aliphatic heterocycles. The van der Waals surface area contributed by atoms with Gasteiger partial charge in [0.1, 0.15) is 5.78 Å². The fourth-order valence-corrected chi connectivity index (χ4v) is 1.21. The molecular formula is C13H19NO2. The number of nitrogens with one attached hydrogen (secondary N) is 1. The molecule has 0 spiro atoms. The predicted octanol–water partition coefficient (Wildman–Crippen LogP) is 2.20. The quantitative estimate of drug-likeness (QED) is 0.850. The number of carbonyl (C=O) groups excluding carboxylic acids is 2. The predicted molar refractivity (Wildman–Crippen MR) is 65.6 cm³/mol. The fraction of sp³-hybridized carbons (Fsp3) is 0.385. The van der Waals surface area contributed by atoms with Crippen molar-refractivity contribution in [3.8, 4) is 0 Å². The average Bonchev–Trinajstić information content (AvgIpc) is 2.31. The number of benzene rings is 1. The Balaban J connectivity index is 0.00000106. The van der Waals surface area contributed by atoms with Crippen molar-refractivity contribution in [2.45, 2.75) is 27.2 Å². The number of rotatable bonds is 3. The molecule has 3 heteroatoms. The van der Waals surface area contributed by atoms with Gasteiger partial charge in [0.2, 0.25) is 0 Å². The van der Waals surface area contributed by atoms with Crippen molar-refractivity contribution in [2.24, 2.45) is 0 Å². The van der Waals surface area contributed by atoms with Gasteiger partial charge in [0, 0.05) is 19.0 Å². The van der Waals surface area contributed by atoms with Gasteiger partial charge in [-0.2, -0.15) is 0 Å². The molecule has 0 saturated carbocycles. The maximum Gasteiger partial charge on any atom is 0.251 e. The summed E-state index contributed by atoms with van der Waals surface area (Å²) < 4.78 is 0. The summed E-state index contributed by atoms with van der Waals surface area (Å²) >= 11 is 0. The van der Waals surface area contributed by atoms with E-state index in [4.69, 9.17) is 0 Å². The Hall–Kier alpha value is -1.64. The smallest absolute Gasteiger partial charge is 0.251 e. The molecule has 0 bridgehead atoms. The molecule has 1 aromatic rings. The largest absolute Gasteiger partial charge is 0.355 e. The number of Topliss-reactive ketones (excluding diaryl/α,β-unsaturated/α-hetero) is 1. The summed E-state index contributed by atoms with van der Waals surface area (Å²) in [5, 5.41) is 2.54. The lowest BCUT2D eigenvalue weighted by Crippen LogP contribution is -2.17. The summed E-state index contributed by atoms with van der Waals surface area (Å²) in [5.41, 5.74) is 1.55. The maximum absolute atomic E-state index is 11.2. The third kappa shape index (κ3) is 4.73. The van der Waals surface area contributed by atoms with Crippen LogP contribution in [0.25, 0.3) is 0 Å². The van der Waals surface area contributed by atoms with Crippen LogP contribution in [0.15, 0.2) is 24.3 Å². The van der Waals surface area contributed by atoms with Gasteiger partial charge >= 0.3 is 0 Å². The molecule has 0 aromatic heterocycles. The lowest BCUT2D eigenvalue weighted by atomic mass is 10.1. The van der Waals surface area contributed by atoms with Crippen LogP contribution >= 0.6 is 0 Å². The molecule has 0 aliphatic carbocycles. The molecule has 0 radical (unpaired) electrons. The standard InChI is InChI=1S/C11H13NO2.C2H6/c1-8(13)7-9-3-5-10(6-4-9)11(14)12-2;1-2/h3-6H,7H2,1-2H3,(H,12,14);1-2H3. The van der Waals surface area contributed by atoms with Crippen molar-refractivity contribution >= 4 is 11.7 Å². The van der Waals surface area contributed by atoms with E-state index in [0.717, 1.165) is 5.56 Å². The summed E-state index contributed by atoms with van der Waals surface area (Å²) in [4.78, 5) is 22.0. The Kier molecular flexibility index (Phi) is 6.84. The second kappa shape index (κ2) is 7.63. The zero-order chi connectivity index (χ0) is 12.6. The van der Waals surface area contributed by atoms with Crippen molar-refractivity contribution in [1.82, 2.24) is 5.32 Å². The fourth-order valence-electron chi connectivity index (χ4n) is 1.21. The van der Waals surface area contributed by atoms with Crippen molar-refractivity contribution in [2.75, 3.05) is 7.05 Å². The van der Waals surface area contributed by atoms with Crippen LogP contribution in [-0.4, -0.2) is 18.7 Å². The monoisotopic (exact) mass is 221 g/mol. The third-order valence-corrected chi connectivity index (χ3v) is 1.90. The molecule has 0 atom stereocenters.